The van der Waals surface area contributed by atoms with Crippen LogP contribution in [0.15, 0.2) is 54.9 Å². The van der Waals surface area contributed by atoms with Gasteiger partial charge in [-0.1, -0.05) is 18.2 Å². The monoisotopic (exact) mass is 274 g/mol. The Morgan fingerprint density at radius 2 is 1.86 bits per heavy atom. The highest BCUT2D eigenvalue weighted by atomic mass is 14.9. The minimum absolute atomic E-state index is 0.858. The van der Waals surface area contributed by atoms with E-state index >= 15 is 0 Å². The van der Waals surface area contributed by atoms with Crippen LogP contribution in [-0.2, 0) is 19.4 Å². The van der Waals surface area contributed by atoms with Crippen molar-refractivity contribution in [3.05, 3.63) is 71.5 Å². The van der Waals surface area contributed by atoms with Crippen molar-refractivity contribution in [2.45, 2.75) is 25.8 Å². The topological polar surface area (TPSA) is 24.9 Å². The maximum absolute atomic E-state index is 4.15. The number of rotatable bonds is 3. The number of nitrogens with zero attached hydrogens (tertiary/aromatic N) is 1. The van der Waals surface area contributed by atoms with Crippen molar-refractivity contribution in [3.63, 3.8) is 0 Å². The van der Waals surface area contributed by atoms with E-state index in [-0.39, 0.29) is 0 Å². The Hall–Kier alpha value is -2.35. The molecule has 104 valence electrons. The summed E-state index contributed by atoms with van der Waals surface area (Å²) in [5.41, 5.74) is 5.57. The molecular weight excluding hydrogens is 256 g/mol. The van der Waals surface area contributed by atoms with Crippen LogP contribution >= 0.6 is 0 Å². The van der Waals surface area contributed by atoms with Gasteiger partial charge in [-0.3, -0.25) is 4.98 Å². The summed E-state index contributed by atoms with van der Waals surface area (Å²) in [5, 5.41) is 5.98. The largest absolute Gasteiger partial charge is 0.381 e. The first kappa shape index (κ1) is 12.4. The minimum atomic E-state index is 0.858. The molecule has 1 aromatic heterocycles. The fourth-order valence-electron chi connectivity index (χ4n) is 3.13. The summed E-state index contributed by atoms with van der Waals surface area (Å²) >= 11 is 0. The van der Waals surface area contributed by atoms with Crippen LogP contribution in [0.1, 0.15) is 23.1 Å². The molecule has 21 heavy (non-hydrogen) atoms. The van der Waals surface area contributed by atoms with E-state index < -0.39 is 0 Å². The van der Waals surface area contributed by atoms with E-state index in [1.54, 1.807) is 0 Å². The van der Waals surface area contributed by atoms with Crippen molar-refractivity contribution in [1.82, 2.24) is 4.98 Å². The van der Waals surface area contributed by atoms with Gasteiger partial charge >= 0.3 is 0 Å². The summed E-state index contributed by atoms with van der Waals surface area (Å²) in [4.78, 5) is 4.15. The first-order valence-electron chi connectivity index (χ1n) is 7.57. The molecule has 0 amide bonds. The van der Waals surface area contributed by atoms with Gasteiger partial charge in [-0.05, 0) is 65.6 Å². The molecule has 1 aliphatic carbocycles. The van der Waals surface area contributed by atoms with Crippen LogP contribution in [0.5, 0.6) is 0 Å². The summed E-state index contributed by atoms with van der Waals surface area (Å²) in [6.45, 7) is 0.858. The zero-order valence-electron chi connectivity index (χ0n) is 12.0. The third-order valence-electron chi connectivity index (χ3n) is 4.30. The molecule has 1 N–H and O–H groups in total. The number of hydrogen-bond acceptors (Lipinski definition) is 2. The van der Waals surface area contributed by atoms with Gasteiger partial charge in [0.05, 0.1) is 0 Å². The van der Waals surface area contributed by atoms with Crippen molar-refractivity contribution in [2.75, 3.05) is 5.32 Å². The molecule has 2 nitrogen and oxygen atoms in total. The van der Waals surface area contributed by atoms with E-state index in [9.17, 15) is 0 Å². The molecule has 0 bridgehead atoms. The highest BCUT2D eigenvalue weighted by Crippen LogP contribution is 2.25. The van der Waals surface area contributed by atoms with Gasteiger partial charge in [0.25, 0.3) is 0 Å². The molecule has 0 unspecified atom stereocenters. The summed E-state index contributed by atoms with van der Waals surface area (Å²) in [6.07, 6.45) is 7.53. The standard InChI is InChI=1S/C19H18N2/c1-2-15-6-7-19(11-16(15)3-1)21-12-14-4-5-18-13-20-9-8-17(18)10-14/h4-11,13,21H,1-3,12H2. The van der Waals surface area contributed by atoms with Gasteiger partial charge in [0, 0.05) is 30.0 Å². The van der Waals surface area contributed by atoms with Gasteiger partial charge in [0.1, 0.15) is 0 Å². The average Bonchev–Trinajstić information content (AvgIpc) is 3.00. The molecule has 0 aliphatic heterocycles. The van der Waals surface area contributed by atoms with Gasteiger partial charge in [-0.2, -0.15) is 0 Å². The van der Waals surface area contributed by atoms with Crippen molar-refractivity contribution in [3.8, 4) is 0 Å². The Morgan fingerprint density at radius 3 is 2.86 bits per heavy atom. The molecule has 0 fully saturated rings. The maximum Gasteiger partial charge on any atom is 0.0401 e. The number of aryl methyl sites for hydroxylation is 2. The molecule has 0 atom stereocenters. The lowest BCUT2D eigenvalue weighted by atomic mass is 10.1. The fourth-order valence-corrected chi connectivity index (χ4v) is 3.13. The van der Waals surface area contributed by atoms with E-state index in [0.717, 1.165) is 6.54 Å². The predicted octanol–water partition coefficient (Wildman–Crippen LogP) is 4.34. The molecule has 3 aromatic rings. The number of hydrogen-bond donors (Lipinski definition) is 1. The Kier molecular flexibility index (Phi) is 3.07. The SMILES string of the molecule is c1cc2cc(CNc3ccc4c(c3)CCC4)ccc2cn1. The van der Waals surface area contributed by atoms with Crippen molar-refractivity contribution in [1.29, 1.82) is 0 Å². The van der Waals surface area contributed by atoms with Crippen LogP contribution < -0.4 is 5.32 Å². The Labute approximate surface area is 124 Å². The first-order valence-corrected chi connectivity index (χ1v) is 7.57. The summed E-state index contributed by atoms with van der Waals surface area (Å²) in [7, 11) is 0. The summed E-state index contributed by atoms with van der Waals surface area (Å²) in [6, 6.07) is 15.4. The van der Waals surface area contributed by atoms with Gasteiger partial charge in [0.2, 0.25) is 0 Å². The number of aromatic nitrogens is 1. The Balaban J connectivity index is 1.52. The summed E-state index contributed by atoms with van der Waals surface area (Å²) in [5.74, 6) is 0. The first-order chi connectivity index (χ1) is 10.4. The molecule has 1 aliphatic rings. The number of pyridine rings is 1. The van der Waals surface area contributed by atoms with Gasteiger partial charge in [-0.15, -0.1) is 0 Å². The van der Waals surface area contributed by atoms with Crippen molar-refractivity contribution < 1.29 is 0 Å². The quantitative estimate of drug-likeness (QED) is 0.768. The van der Waals surface area contributed by atoms with Gasteiger partial charge in [-0.25, -0.2) is 0 Å². The molecule has 0 saturated carbocycles. The Bertz CT molecular complexity index is 792. The van der Waals surface area contributed by atoms with Crippen molar-refractivity contribution >= 4 is 16.5 Å². The lowest BCUT2D eigenvalue weighted by Crippen LogP contribution is -2.00. The van der Waals surface area contributed by atoms with Gasteiger partial charge in [0.15, 0.2) is 0 Å². The number of fused-ring (bicyclic) bond motifs is 2. The predicted molar refractivity (Wildman–Crippen MR) is 87.5 cm³/mol. The zero-order valence-corrected chi connectivity index (χ0v) is 12.0. The highest BCUT2D eigenvalue weighted by Gasteiger charge is 2.10. The van der Waals surface area contributed by atoms with E-state index in [0.29, 0.717) is 0 Å². The molecule has 1 heterocycles. The molecule has 4 rings (SSSR count). The smallest absolute Gasteiger partial charge is 0.0401 e. The number of anilines is 1. The van der Waals surface area contributed by atoms with Crippen LogP contribution in [0.2, 0.25) is 0 Å². The van der Waals surface area contributed by atoms with Gasteiger partial charge < -0.3 is 5.32 Å². The second-order valence-corrected chi connectivity index (χ2v) is 5.75. The van der Waals surface area contributed by atoms with E-state index in [2.05, 4.69) is 52.8 Å². The third-order valence-corrected chi connectivity index (χ3v) is 4.30. The normalized spacial score (nSPS) is 13.3. The lowest BCUT2D eigenvalue weighted by molar-refractivity contribution is 0.912. The summed E-state index contributed by atoms with van der Waals surface area (Å²) < 4.78 is 0. The minimum Gasteiger partial charge on any atom is -0.381 e. The number of nitrogens with one attached hydrogen (secondary N) is 1. The second-order valence-electron chi connectivity index (χ2n) is 5.75. The molecule has 2 heteroatoms. The van der Waals surface area contributed by atoms with Crippen LogP contribution in [0.25, 0.3) is 10.8 Å². The van der Waals surface area contributed by atoms with E-state index in [4.69, 9.17) is 0 Å². The van der Waals surface area contributed by atoms with Crippen LogP contribution in [0.3, 0.4) is 0 Å². The molecule has 0 radical (unpaired) electrons. The number of benzene rings is 2. The van der Waals surface area contributed by atoms with Crippen LogP contribution in [-0.4, -0.2) is 4.98 Å². The average molecular weight is 274 g/mol. The zero-order chi connectivity index (χ0) is 14.1. The molecule has 2 aromatic carbocycles. The Morgan fingerprint density at radius 1 is 0.905 bits per heavy atom. The molecule has 0 spiro atoms. The third kappa shape index (κ3) is 2.49. The van der Waals surface area contributed by atoms with E-state index in [1.165, 1.54) is 52.4 Å². The second kappa shape index (κ2) is 5.21. The maximum atomic E-state index is 4.15. The molecular formula is C19H18N2. The van der Waals surface area contributed by atoms with Crippen molar-refractivity contribution in [2.24, 2.45) is 0 Å². The fraction of sp³-hybridized carbons (Fsp3) is 0.211. The van der Waals surface area contributed by atoms with Crippen LogP contribution in [0, 0.1) is 0 Å². The van der Waals surface area contributed by atoms with Crippen LogP contribution in [0.4, 0.5) is 5.69 Å². The van der Waals surface area contributed by atoms with E-state index in [1.807, 2.05) is 12.4 Å². The lowest BCUT2D eigenvalue weighted by Gasteiger charge is -2.09. The highest BCUT2D eigenvalue weighted by molar-refractivity contribution is 5.82. The molecule has 0 saturated heterocycles.